The van der Waals surface area contributed by atoms with E-state index in [0.29, 0.717) is 32.6 Å². The lowest BCUT2D eigenvalue weighted by Gasteiger charge is -2.18. The summed E-state index contributed by atoms with van der Waals surface area (Å²) >= 11 is 0. The molecule has 0 aliphatic carbocycles. The summed E-state index contributed by atoms with van der Waals surface area (Å²) in [6.07, 6.45) is 2.79. The van der Waals surface area contributed by atoms with Gasteiger partial charge in [0.1, 0.15) is 19.0 Å². The van der Waals surface area contributed by atoms with Crippen molar-refractivity contribution in [1.82, 2.24) is 5.32 Å². The van der Waals surface area contributed by atoms with Crippen molar-refractivity contribution in [2.24, 2.45) is 0 Å². The topological polar surface area (TPSA) is 47.6 Å². The number of hydrogen-bond donors (Lipinski definition) is 1. The van der Waals surface area contributed by atoms with Gasteiger partial charge in [-0.05, 0) is 54.7 Å². The van der Waals surface area contributed by atoms with Gasteiger partial charge in [-0.15, -0.1) is 0 Å². The molecule has 132 valence electrons. The number of carbonyl (C=O) groups excluding carboxylic acids is 1. The SMILES string of the molecule is O=C(CCCc1ccc2c(c1)OCCO2)NCCc1ccc(F)cc1. The van der Waals surface area contributed by atoms with Gasteiger partial charge in [0.25, 0.3) is 0 Å². The smallest absolute Gasteiger partial charge is 0.220 e. The molecule has 5 heteroatoms. The second-order valence-electron chi connectivity index (χ2n) is 6.06. The molecule has 1 amide bonds. The Morgan fingerprint density at radius 3 is 2.48 bits per heavy atom. The molecule has 1 aliphatic heterocycles. The number of fused-ring (bicyclic) bond motifs is 1. The van der Waals surface area contributed by atoms with Crippen LogP contribution in [0.5, 0.6) is 11.5 Å². The van der Waals surface area contributed by atoms with E-state index in [9.17, 15) is 9.18 Å². The summed E-state index contributed by atoms with van der Waals surface area (Å²) in [7, 11) is 0. The molecule has 1 aliphatic rings. The van der Waals surface area contributed by atoms with E-state index >= 15 is 0 Å². The van der Waals surface area contributed by atoms with Crippen LogP contribution in [0.15, 0.2) is 42.5 Å². The second kappa shape index (κ2) is 8.51. The summed E-state index contributed by atoms with van der Waals surface area (Å²) < 4.78 is 23.9. The molecular weight excluding hydrogens is 321 g/mol. The Bertz CT molecular complexity index is 715. The fourth-order valence-corrected chi connectivity index (χ4v) is 2.78. The van der Waals surface area contributed by atoms with Crippen LogP contribution in [-0.2, 0) is 17.6 Å². The Kier molecular flexibility index (Phi) is 5.88. The first-order valence-corrected chi connectivity index (χ1v) is 8.60. The van der Waals surface area contributed by atoms with E-state index in [2.05, 4.69) is 5.32 Å². The number of amides is 1. The van der Waals surface area contributed by atoms with Crippen molar-refractivity contribution in [2.45, 2.75) is 25.7 Å². The number of ether oxygens (including phenoxy) is 2. The summed E-state index contributed by atoms with van der Waals surface area (Å²) in [5, 5.41) is 2.90. The number of halogens is 1. The number of carbonyl (C=O) groups is 1. The van der Waals surface area contributed by atoms with Crippen molar-refractivity contribution in [3.63, 3.8) is 0 Å². The van der Waals surface area contributed by atoms with E-state index in [1.807, 2.05) is 18.2 Å². The van der Waals surface area contributed by atoms with Gasteiger partial charge < -0.3 is 14.8 Å². The molecular formula is C20H22FNO3. The molecule has 0 bridgehead atoms. The highest BCUT2D eigenvalue weighted by atomic mass is 19.1. The van der Waals surface area contributed by atoms with E-state index in [1.165, 1.54) is 12.1 Å². The van der Waals surface area contributed by atoms with Crippen LogP contribution in [0.1, 0.15) is 24.0 Å². The quantitative estimate of drug-likeness (QED) is 0.839. The Morgan fingerprint density at radius 1 is 0.960 bits per heavy atom. The normalized spacial score (nSPS) is 12.7. The number of hydrogen-bond acceptors (Lipinski definition) is 3. The summed E-state index contributed by atoms with van der Waals surface area (Å²) in [5.74, 6) is 1.37. The third kappa shape index (κ3) is 5.21. The summed E-state index contributed by atoms with van der Waals surface area (Å²) in [5.41, 5.74) is 2.15. The van der Waals surface area contributed by atoms with Crippen LogP contribution in [0.2, 0.25) is 0 Å². The van der Waals surface area contributed by atoms with Gasteiger partial charge in [-0.3, -0.25) is 4.79 Å². The average Bonchev–Trinajstić information content (AvgIpc) is 2.63. The van der Waals surface area contributed by atoms with E-state index in [1.54, 1.807) is 12.1 Å². The number of nitrogens with one attached hydrogen (secondary N) is 1. The van der Waals surface area contributed by atoms with Crippen LogP contribution in [0.3, 0.4) is 0 Å². The molecule has 0 radical (unpaired) electrons. The van der Waals surface area contributed by atoms with Crippen molar-refractivity contribution in [3.8, 4) is 11.5 Å². The Hall–Kier alpha value is -2.56. The zero-order chi connectivity index (χ0) is 17.5. The largest absolute Gasteiger partial charge is 0.486 e. The van der Waals surface area contributed by atoms with Gasteiger partial charge in [-0.1, -0.05) is 18.2 Å². The average molecular weight is 343 g/mol. The number of aryl methyl sites for hydroxylation is 1. The third-order valence-electron chi connectivity index (χ3n) is 4.12. The molecule has 1 heterocycles. The molecule has 2 aromatic rings. The standard InChI is InChI=1S/C20H22FNO3/c21-17-7-4-15(5-8-17)10-11-22-20(23)3-1-2-16-6-9-18-19(14-16)25-13-12-24-18/h4-9,14H,1-3,10-13H2,(H,22,23). The molecule has 0 fully saturated rings. The molecule has 0 saturated heterocycles. The molecule has 1 N–H and O–H groups in total. The molecule has 0 spiro atoms. The zero-order valence-corrected chi connectivity index (χ0v) is 14.1. The monoisotopic (exact) mass is 343 g/mol. The van der Waals surface area contributed by atoms with E-state index in [0.717, 1.165) is 35.5 Å². The Balaban J connectivity index is 1.35. The van der Waals surface area contributed by atoms with Gasteiger partial charge in [0.15, 0.2) is 11.5 Å². The molecule has 2 aromatic carbocycles. The second-order valence-corrected chi connectivity index (χ2v) is 6.06. The van der Waals surface area contributed by atoms with Crippen LogP contribution in [0.25, 0.3) is 0 Å². The van der Waals surface area contributed by atoms with Crippen molar-refractivity contribution >= 4 is 5.91 Å². The van der Waals surface area contributed by atoms with Crippen LogP contribution in [0, 0.1) is 5.82 Å². The lowest BCUT2D eigenvalue weighted by molar-refractivity contribution is -0.121. The minimum atomic E-state index is -0.244. The lowest BCUT2D eigenvalue weighted by Crippen LogP contribution is -2.25. The van der Waals surface area contributed by atoms with E-state index < -0.39 is 0 Å². The first-order valence-electron chi connectivity index (χ1n) is 8.60. The summed E-state index contributed by atoms with van der Waals surface area (Å²) in [6, 6.07) is 12.3. The highest BCUT2D eigenvalue weighted by molar-refractivity contribution is 5.75. The molecule has 0 unspecified atom stereocenters. The number of benzene rings is 2. The van der Waals surface area contributed by atoms with Gasteiger partial charge in [-0.2, -0.15) is 0 Å². The molecule has 25 heavy (non-hydrogen) atoms. The first-order chi connectivity index (χ1) is 12.2. The number of rotatable bonds is 7. The van der Waals surface area contributed by atoms with Crippen LogP contribution >= 0.6 is 0 Å². The zero-order valence-electron chi connectivity index (χ0n) is 14.1. The minimum Gasteiger partial charge on any atom is -0.486 e. The van der Waals surface area contributed by atoms with Gasteiger partial charge in [0, 0.05) is 13.0 Å². The molecule has 0 aromatic heterocycles. The maximum atomic E-state index is 12.8. The van der Waals surface area contributed by atoms with Gasteiger partial charge >= 0.3 is 0 Å². The fraction of sp³-hybridized carbons (Fsp3) is 0.350. The molecule has 3 rings (SSSR count). The van der Waals surface area contributed by atoms with Crippen LogP contribution in [-0.4, -0.2) is 25.7 Å². The van der Waals surface area contributed by atoms with Gasteiger partial charge in [0.2, 0.25) is 5.91 Å². The predicted molar refractivity (Wildman–Crippen MR) is 93.5 cm³/mol. The van der Waals surface area contributed by atoms with Gasteiger partial charge in [-0.25, -0.2) is 4.39 Å². The fourth-order valence-electron chi connectivity index (χ4n) is 2.78. The van der Waals surface area contributed by atoms with Crippen molar-refractivity contribution in [3.05, 3.63) is 59.4 Å². The third-order valence-corrected chi connectivity index (χ3v) is 4.12. The first kappa shape index (κ1) is 17.3. The lowest BCUT2D eigenvalue weighted by atomic mass is 10.1. The van der Waals surface area contributed by atoms with Crippen molar-refractivity contribution in [1.29, 1.82) is 0 Å². The molecule has 4 nitrogen and oxygen atoms in total. The van der Waals surface area contributed by atoms with Crippen LogP contribution in [0.4, 0.5) is 4.39 Å². The minimum absolute atomic E-state index is 0.0413. The maximum absolute atomic E-state index is 12.8. The summed E-state index contributed by atoms with van der Waals surface area (Å²) in [6.45, 7) is 1.73. The van der Waals surface area contributed by atoms with Crippen molar-refractivity contribution < 1.29 is 18.7 Å². The summed E-state index contributed by atoms with van der Waals surface area (Å²) in [4.78, 5) is 11.9. The maximum Gasteiger partial charge on any atom is 0.220 e. The molecule has 0 saturated carbocycles. The Labute approximate surface area is 147 Å². The van der Waals surface area contributed by atoms with E-state index in [4.69, 9.17) is 9.47 Å². The predicted octanol–water partition coefficient (Wildman–Crippen LogP) is 3.28. The highest BCUT2D eigenvalue weighted by Crippen LogP contribution is 2.31. The Morgan fingerprint density at radius 2 is 1.68 bits per heavy atom. The van der Waals surface area contributed by atoms with Crippen molar-refractivity contribution in [2.75, 3.05) is 19.8 Å². The van der Waals surface area contributed by atoms with Gasteiger partial charge in [0.05, 0.1) is 0 Å². The highest BCUT2D eigenvalue weighted by Gasteiger charge is 2.11. The molecule has 0 atom stereocenters. The van der Waals surface area contributed by atoms with Crippen LogP contribution < -0.4 is 14.8 Å². The van der Waals surface area contributed by atoms with E-state index in [-0.39, 0.29) is 11.7 Å².